The van der Waals surface area contributed by atoms with E-state index in [4.69, 9.17) is 5.73 Å². The van der Waals surface area contributed by atoms with Crippen molar-refractivity contribution in [1.29, 1.82) is 0 Å². The Bertz CT molecular complexity index is 363. The molecule has 17 heavy (non-hydrogen) atoms. The normalized spacial score (nSPS) is 12.2. The molecular weight excluding hydrogens is 212 g/mol. The van der Waals surface area contributed by atoms with Crippen molar-refractivity contribution in [3.63, 3.8) is 0 Å². The Morgan fingerprint density at radius 2 is 2.24 bits per heavy atom. The maximum atomic E-state index is 11.5. The number of carbonyl (C=O) groups is 1. The molecule has 0 aromatic heterocycles. The summed E-state index contributed by atoms with van der Waals surface area (Å²) in [6.07, 6.45) is 2.13. The van der Waals surface area contributed by atoms with Crippen LogP contribution in [0.15, 0.2) is 24.3 Å². The average Bonchev–Trinajstić information content (AvgIpc) is 2.29. The Morgan fingerprint density at radius 3 is 2.88 bits per heavy atom. The van der Waals surface area contributed by atoms with Crippen molar-refractivity contribution < 1.29 is 4.79 Å². The van der Waals surface area contributed by atoms with E-state index in [0.717, 1.165) is 12.8 Å². The first kappa shape index (κ1) is 13.7. The molecule has 0 aliphatic heterocycles. The molecule has 0 aliphatic rings. The second-order valence-corrected chi connectivity index (χ2v) is 4.46. The van der Waals surface area contributed by atoms with Crippen LogP contribution in [0.5, 0.6) is 0 Å². The third kappa shape index (κ3) is 5.50. The van der Waals surface area contributed by atoms with Gasteiger partial charge in [0.2, 0.25) is 5.91 Å². The Balaban J connectivity index is 2.26. The summed E-state index contributed by atoms with van der Waals surface area (Å²) < 4.78 is 0. The van der Waals surface area contributed by atoms with Gasteiger partial charge in [0.1, 0.15) is 0 Å². The predicted molar refractivity (Wildman–Crippen MR) is 70.8 cm³/mol. The molecule has 0 heterocycles. The summed E-state index contributed by atoms with van der Waals surface area (Å²) in [6.45, 7) is 4.74. The lowest BCUT2D eigenvalue weighted by molar-refractivity contribution is -0.121. The lowest BCUT2D eigenvalue weighted by atomic mass is 10.1. The summed E-state index contributed by atoms with van der Waals surface area (Å²) in [7, 11) is 0. The van der Waals surface area contributed by atoms with Crippen molar-refractivity contribution in [3.05, 3.63) is 35.4 Å². The van der Waals surface area contributed by atoms with E-state index in [2.05, 4.69) is 30.4 Å². The van der Waals surface area contributed by atoms with Gasteiger partial charge in [0.15, 0.2) is 0 Å². The van der Waals surface area contributed by atoms with E-state index in [-0.39, 0.29) is 11.9 Å². The monoisotopic (exact) mass is 234 g/mol. The van der Waals surface area contributed by atoms with Crippen molar-refractivity contribution in [2.75, 3.05) is 6.54 Å². The lowest BCUT2D eigenvalue weighted by Gasteiger charge is -2.09. The molecule has 0 fully saturated rings. The van der Waals surface area contributed by atoms with Gasteiger partial charge in [0.25, 0.3) is 0 Å². The van der Waals surface area contributed by atoms with Crippen LogP contribution < -0.4 is 11.1 Å². The highest BCUT2D eigenvalue weighted by Gasteiger charge is 2.06. The molecule has 0 saturated heterocycles. The molecule has 0 radical (unpaired) electrons. The Morgan fingerprint density at radius 1 is 1.47 bits per heavy atom. The molecule has 0 saturated carbocycles. The molecule has 1 unspecified atom stereocenters. The molecule has 3 N–H and O–H groups in total. The first-order valence-corrected chi connectivity index (χ1v) is 6.19. The lowest BCUT2D eigenvalue weighted by Crippen LogP contribution is -2.32. The molecule has 1 rings (SSSR count). The van der Waals surface area contributed by atoms with Gasteiger partial charge in [-0.15, -0.1) is 0 Å². The van der Waals surface area contributed by atoms with Crippen molar-refractivity contribution >= 4 is 5.91 Å². The summed E-state index contributed by atoms with van der Waals surface area (Å²) in [6, 6.07) is 8.32. The predicted octanol–water partition coefficient (Wildman–Crippen LogP) is 1.78. The van der Waals surface area contributed by atoms with Gasteiger partial charge in [0.05, 0.1) is 0 Å². The summed E-state index contributed by atoms with van der Waals surface area (Å²) >= 11 is 0. The van der Waals surface area contributed by atoms with Crippen molar-refractivity contribution in [2.45, 2.75) is 39.2 Å². The summed E-state index contributed by atoms with van der Waals surface area (Å²) in [5.74, 6) is 0.0482. The minimum atomic E-state index is -0.0195. The van der Waals surface area contributed by atoms with E-state index in [0.29, 0.717) is 13.0 Å². The van der Waals surface area contributed by atoms with Crippen LogP contribution in [0.2, 0.25) is 0 Å². The number of aryl methyl sites for hydroxylation is 1. The van der Waals surface area contributed by atoms with Crippen LogP contribution in [-0.4, -0.2) is 18.5 Å². The van der Waals surface area contributed by atoms with Crippen LogP contribution in [0.1, 0.15) is 30.9 Å². The van der Waals surface area contributed by atoms with Crippen molar-refractivity contribution in [1.82, 2.24) is 5.32 Å². The van der Waals surface area contributed by atoms with E-state index in [1.807, 2.05) is 13.0 Å². The number of rotatable bonds is 6. The fourth-order valence-electron chi connectivity index (χ4n) is 1.67. The maximum Gasteiger partial charge on any atom is 0.221 e. The number of carbonyl (C=O) groups excluding carboxylic acids is 1. The number of nitrogens with one attached hydrogen (secondary N) is 1. The zero-order valence-electron chi connectivity index (χ0n) is 10.7. The summed E-state index contributed by atoms with van der Waals surface area (Å²) in [5.41, 5.74) is 8.22. The topological polar surface area (TPSA) is 55.1 Å². The molecular formula is C14H22N2O. The Hall–Kier alpha value is -1.35. The first-order chi connectivity index (χ1) is 8.11. The molecule has 0 bridgehead atoms. The second kappa shape index (κ2) is 7.07. The number of nitrogens with two attached hydrogens (primary N) is 1. The molecule has 0 spiro atoms. The van der Waals surface area contributed by atoms with Gasteiger partial charge in [-0.2, -0.15) is 0 Å². The molecule has 3 heteroatoms. The van der Waals surface area contributed by atoms with E-state index >= 15 is 0 Å². The maximum absolute atomic E-state index is 11.5. The fourth-order valence-corrected chi connectivity index (χ4v) is 1.67. The Kier molecular flexibility index (Phi) is 5.70. The van der Waals surface area contributed by atoms with E-state index < -0.39 is 0 Å². The van der Waals surface area contributed by atoms with Crippen LogP contribution >= 0.6 is 0 Å². The highest BCUT2D eigenvalue weighted by molar-refractivity contribution is 5.76. The number of hydrogen-bond acceptors (Lipinski definition) is 2. The van der Waals surface area contributed by atoms with Gasteiger partial charge < -0.3 is 11.1 Å². The van der Waals surface area contributed by atoms with Gasteiger partial charge in [0, 0.05) is 19.0 Å². The van der Waals surface area contributed by atoms with Crippen LogP contribution in [0.4, 0.5) is 0 Å². The minimum Gasteiger partial charge on any atom is -0.356 e. The van der Waals surface area contributed by atoms with Gasteiger partial charge >= 0.3 is 0 Å². The minimum absolute atomic E-state index is 0.0195. The number of amides is 1. The molecule has 1 amide bonds. The fraction of sp³-hybridized carbons (Fsp3) is 0.500. The van der Waals surface area contributed by atoms with Gasteiger partial charge in [-0.25, -0.2) is 0 Å². The number of hydrogen-bond donors (Lipinski definition) is 2. The quantitative estimate of drug-likeness (QED) is 0.788. The standard InChI is InChI=1S/C14H22N2O/c1-3-13(15)10-14(17)16-8-7-12-6-4-5-11(2)9-12/h4-6,9,13H,3,7-8,10,15H2,1-2H3,(H,16,17). The number of benzene rings is 1. The first-order valence-electron chi connectivity index (χ1n) is 6.19. The zero-order valence-corrected chi connectivity index (χ0v) is 10.7. The average molecular weight is 234 g/mol. The van der Waals surface area contributed by atoms with E-state index in [1.54, 1.807) is 0 Å². The van der Waals surface area contributed by atoms with Gasteiger partial charge in [-0.1, -0.05) is 36.8 Å². The molecule has 94 valence electrons. The highest BCUT2D eigenvalue weighted by atomic mass is 16.1. The third-order valence-electron chi connectivity index (χ3n) is 2.79. The third-order valence-corrected chi connectivity index (χ3v) is 2.79. The van der Waals surface area contributed by atoms with Crippen LogP contribution in [0.25, 0.3) is 0 Å². The second-order valence-electron chi connectivity index (χ2n) is 4.46. The van der Waals surface area contributed by atoms with Crippen LogP contribution in [0, 0.1) is 6.92 Å². The van der Waals surface area contributed by atoms with Crippen LogP contribution in [0.3, 0.4) is 0 Å². The summed E-state index contributed by atoms with van der Waals surface area (Å²) in [4.78, 5) is 11.5. The van der Waals surface area contributed by atoms with Crippen molar-refractivity contribution in [2.24, 2.45) is 5.73 Å². The molecule has 1 atom stereocenters. The van der Waals surface area contributed by atoms with E-state index in [1.165, 1.54) is 11.1 Å². The molecule has 1 aromatic rings. The molecule has 1 aromatic carbocycles. The van der Waals surface area contributed by atoms with Crippen LogP contribution in [-0.2, 0) is 11.2 Å². The molecule has 0 aliphatic carbocycles. The SMILES string of the molecule is CCC(N)CC(=O)NCCc1cccc(C)c1. The summed E-state index contributed by atoms with van der Waals surface area (Å²) in [5, 5.41) is 2.90. The van der Waals surface area contributed by atoms with Gasteiger partial charge in [-0.3, -0.25) is 4.79 Å². The van der Waals surface area contributed by atoms with E-state index in [9.17, 15) is 4.79 Å². The smallest absolute Gasteiger partial charge is 0.221 e. The van der Waals surface area contributed by atoms with Crippen molar-refractivity contribution in [3.8, 4) is 0 Å². The largest absolute Gasteiger partial charge is 0.356 e. The highest BCUT2D eigenvalue weighted by Crippen LogP contribution is 2.04. The Labute approximate surface area is 103 Å². The molecule has 3 nitrogen and oxygen atoms in total. The zero-order chi connectivity index (χ0) is 12.7. The van der Waals surface area contributed by atoms with Gasteiger partial charge in [-0.05, 0) is 25.3 Å².